The molecule has 0 bridgehead atoms. The third-order valence-electron chi connectivity index (χ3n) is 9.36. The lowest BCUT2D eigenvalue weighted by atomic mass is 9.93. The molecule has 0 spiro atoms. The third kappa shape index (κ3) is 5.26. The maximum absolute atomic E-state index is 2.43. The van der Waals surface area contributed by atoms with Gasteiger partial charge in [0.1, 0.15) is 0 Å². The number of hydrogen-bond acceptors (Lipinski definition) is 2. The van der Waals surface area contributed by atoms with Crippen LogP contribution in [0.4, 0.5) is 34.1 Å². The number of rotatable bonds is 6. The van der Waals surface area contributed by atoms with Crippen LogP contribution in [-0.4, -0.2) is 0 Å². The molecule has 8 rings (SSSR count). The Labute approximate surface area is 283 Å². The van der Waals surface area contributed by atoms with E-state index in [9.17, 15) is 0 Å². The zero-order valence-corrected chi connectivity index (χ0v) is 27.9. The van der Waals surface area contributed by atoms with Crippen molar-refractivity contribution < 1.29 is 0 Å². The average Bonchev–Trinajstić information content (AvgIpc) is 3.09. The van der Waals surface area contributed by atoms with E-state index in [2.05, 4.69) is 195 Å². The molecule has 8 aromatic rings. The van der Waals surface area contributed by atoms with Gasteiger partial charge in [-0.05, 0) is 132 Å². The van der Waals surface area contributed by atoms with E-state index in [1.807, 2.05) is 0 Å². The highest BCUT2D eigenvalue weighted by Crippen LogP contribution is 2.47. The SMILES string of the molecule is Cc1cccc(N(c2cccc(C)c2)c2cc3c4ccccc4c(N(c4cccc(C)c4)c4cccc(C)c4)cc3c3ccccc23)c1. The molecule has 0 atom stereocenters. The van der Waals surface area contributed by atoms with Crippen LogP contribution >= 0.6 is 0 Å². The molecule has 0 saturated heterocycles. The van der Waals surface area contributed by atoms with Crippen molar-refractivity contribution >= 4 is 66.4 Å². The summed E-state index contributed by atoms with van der Waals surface area (Å²) in [4.78, 5) is 4.85. The van der Waals surface area contributed by atoms with Gasteiger partial charge in [-0.2, -0.15) is 0 Å². The molecule has 8 aromatic carbocycles. The first kappa shape index (κ1) is 29.5. The van der Waals surface area contributed by atoms with Gasteiger partial charge < -0.3 is 9.80 Å². The lowest BCUT2D eigenvalue weighted by Crippen LogP contribution is -2.12. The number of anilines is 6. The second-order valence-electron chi connectivity index (χ2n) is 13.0. The average molecular weight is 619 g/mol. The van der Waals surface area contributed by atoms with Crippen LogP contribution in [0.1, 0.15) is 22.3 Å². The summed E-state index contributed by atoms with van der Waals surface area (Å²) >= 11 is 0. The Morgan fingerprint density at radius 1 is 0.271 bits per heavy atom. The van der Waals surface area contributed by atoms with Gasteiger partial charge in [-0.1, -0.05) is 97.1 Å². The van der Waals surface area contributed by atoms with Crippen LogP contribution in [-0.2, 0) is 0 Å². The van der Waals surface area contributed by atoms with Crippen LogP contribution in [0.15, 0.2) is 158 Å². The fourth-order valence-corrected chi connectivity index (χ4v) is 7.21. The highest BCUT2D eigenvalue weighted by Gasteiger charge is 2.22. The molecular formula is C46H38N2. The van der Waals surface area contributed by atoms with E-state index >= 15 is 0 Å². The lowest BCUT2D eigenvalue weighted by molar-refractivity contribution is 1.27. The zero-order chi connectivity index (χ0) is 32.8. The smallest absolute Gasteiger partial charge is 0.0546 e. The van der Waals surface area contributed by atoms with Gasteiger partial charge in [0.2, 0.25) is 0 Å². The summed E-state index contributed by atoms with van der Waals surface area (Å²) < 4.78 is 0. The molecular weight excluding hydrogens is 581 g/mol. The molecule has 0 aliphatic heterocycles. The molecule has 0 aliphatic rings. The van der Waals surface area contributed by atoms with Crippen molar-refractivity contribution in [2.45, 2.75) is 27.7 Å². The highest BCUT2D eigenvalue weighted by molar-refractivity contribution is 6.24. The minimum absolute atomic E-state index is 1.15. The van der Waals surface area contributed by atoms with Gasteiger partial charge in [-0.3, -0.25) is 0 Å². The number of aryl methyl sites for hydroxylation is 4. The predicted octanol–water partition coefficient (Wildman–Crippen LogP) is 13.3. The summed E-state index contributed by atoms with van der Waals surface area (Å²) in [6.45, 7) is 8.67. The van der Waals surface area contributed by atoms with Crippen LogP contribution in [0.2, 0.25) is 0 Å². The molecule has 0 N–H and O–H groups in total. The summed E-state index contributed by atoms with van der Waals surface area (Å²) in [5.74, 6) is 0. The van der Waals surface area contributed by atoms with E-state index in [0.717, 1.165) is 22.7 Å². The first-order valence-corrected chi connectivity index (χ1v) is 16.7. The monoisotopic (exact) mass is 618 g/mol. The third-order valence-corrected chi connectivity index (χ3v) is 9.36. The number of fused-ring (bicyclic) bond motifs is 5. The van der Waals surface area contributed by atoms with Crippen molar-refractivity contribution in [1.29, 1.82) is 0 Å². The van der Waals surface area contributed by atoms with Crippen LogP contribution in [0, 0.1) is 27.7 Å². The molecule has 0 unspecified atom stereocenters. The standard InChI is InChI=1S/C46H38N2/c1-31-13-9-17-35(25-31)47(36-18-10-14-32(2)26-36)45-29-43-40-22-6-8-24-42(40)46(30-44(43)39-21-5-7-23-41(39)45)48(37-19-11-15-33(3)27-37)38-20-12-16-34(4)28-38/h5-30H,1-4H3. The molecule has 2 nitrogen and oxygen atoms in total. The summed E-state index contributed by atoms with van der Waals surface area (Å²) in [5.41, 5.74) is 11.9. The van der Waals surface area contributed by atoms with Gasteiger partial charge in [-0.25, -0.2) is 0 Å². The normalized spacial score (nSPS) is 11.3. The first-order chi connectivity index (χ1) is 23.4. The second-order valence-corrected chi connectivity index (χ2v) is 13.0. The van der Waals surface area contributed by atoms with Gasteiger partial charge in [0, 0.05) is 33.5 Å². The van der Waals surface area contributed by atoms with Crippen molar-refractivity contribution in [1.82, 2.24) is 0 Å². The lowest BCUT2D eigenvalue weighted by Gasteiger charge is -2.30. The van der Waals surface area contributed by atoms with Crippen LogP contribution in [0.5, 0.6) is 0 Å². The van der Waals surface area contributed by atoms with Crippen molar-refractivity contribution in [3.63, 3.8) is 0 Å². The molecule has 0 aromatic heterocycles. The van der Waals surface area contributed by atoms with Crippen molar-refractivity contribution in [2.24, 2.45) is 0 Å². The molecule has 232 valence electrons. The highest BCUT2D eigenvalue weighted by atomic mass is 15.2. The number of benzene rings is 8. The van der Waals surface area contributed by atoms with Gasteiger partial charge >= 0.3 is 0 Å². The Morgan fingerprint density at radius 3 is 0.854 bits per heavy atom. The second kappa shape index (κ2) is 12.1. The largest absolute Gasteiger partial charge is 0.310 e. The fraction of sp³-hybridized carbons (Fsp3) is 0.0870. The quantitative estimate of drug-likeness (QED) is 0.171. The van der Waals surface area contributed by atoms with E-state index in [1.54, 1.807) is 0 Å². The minimum Gasteiger partial charge on any atom is -0.310 e. The Morgan fingerprint density at radius 2 is 0.562 bits per heavy atom. The van der Waals surface area contributed by atoms with Gasteiger partial charge in [-0.15, -0.1) is 0 Å². The molecule has 48 heavy (non-hydrogen) atoms. The van der Waals surface area contributed by atoms with E-state index in [-0.39, 0.29) is 0 Å². The number of nitrogens with zero attached hydrogens (tertiary/aromatic N) is 2. The van der Waals surface area contributed by atoms with E-state index in [0.29, 0.717) is 0 Å². The van der Waals surface area contributed by atoms with Crippen LogP contribution in [0.3, 0.4) is 0 Å². The van der Waals surface area contributed by atoms with Crippen LogP contribution < -0.4 is 9.80 Å². The topological polar surface area (TPSA) is 6.48 Å². The van der Waals surface area contributed by atoms with Crippen molar-refractivity contribution in [2.75, 3.05) is 9.80 Å². The Bertz CT molecular complexity index is 2210. The van der Waals surface area contributed by atoms with E-state index < -0.39 is 0 Å². The van der Waals surface area contributed by atoms with E-state index in [4.69, 9.17) is 0 Å². The van der Waals surface area contributed by atoms with Gasteiger partial charge in [0.25, 0.3) is 0 Å². The Kier molecular flexibility index (Phi) is 7.42. The summed E-state index contributed by atoms with van der Waals surface area (Å²) in [6.07, 6.45) is 0. The maximum Gasteiger partial charge on any atom is 0.0546 e. The van der Waals surface area contributed by atoms with Gasteiger partial charge in [0.15, 0.2) is 0 Å². The first-order valence-electron chi connectivity index (χ1n) is 16.7. The Hall–Kier alpha value is -5.86. The van der Waals surface area contributed by atoms with Gasteiger partial charge in [0.05, 0.1) is 11.4 Å². The Balaban J connectivity index is 1.48. The predicted molar refractivity (Wildman–Crippen MR) is 207 cm³/mol. The molecule has 0 radical (unpaired) electrons. The number of hydrogen-bond donors (Lipinski definition) is 0. The molecule has 0 amide bonds. The van der Waals surface area contributed by atoms with Crippen molar-refractivity contribution in [3.8, 4) is 0 Å². The maximum atomic E-state index is 2.43. The van der Waals surface area contributed by atoms with Crippen LogP contribution in [0.25, 0.3) is 32.3 Å². The zero-order valence-electron chi connectivity index (χ0n) is 27.9. The molecule has 0 aliphatic carbocycles. The molecule has 0 saturated carbocycles. The summed E-state index contributed by atoms with van der Waals surface area (Å²) in [6, 6.07) is 57.9. The fourth-order valence-electron chi connectivity index (χ4n) is 7.21. The summed E-state index contributed by atoms with van der Waals surface area (Å²) in [7, 11) is 0. The minimum atomic E-state index is 1.15. The van der Waals surface area contributed by atoms with Crippen molar-refractivity contribution in [3.05, 3.63) is 180 Å². The molecule has 2 heteroatoms. The molecule has 0 fully saturated rings. The van der Waals surface area contributed by atoms with E-state index in [1.165, 1.54) is 65.9 Å². The molecule has 0 heterocycles. The summed E-state index contributed by atoms with van der Waals surface area (Å²) in [5, 5.41) is 7.37.